The summed E-state index contributed by atoms with van der Waals surface area (Å²) in [6.45, 7) is 2.12. The largest absolute Gasteiger partial charge is 0.478 e. The monoisotopic (exact) mass is 459 g/mol. The quantitative estimate of drug-likeness (QED) is 0.464. The van der Waals surface area contributed by atoms with Gasteiger partial charge in [-0.3, -0.25) is 24.5 Å². The molecular weight excluding hydrogens is 438 g/mol. The number of hydrogen-bond donors (Lipinski definition) is 3. The van der Waals surface area contributed by atoms with E-state index < -0.39 is 23.8 Å². The lowest BCUT2D eigenvalue weighted by atomic mass is 10.0. The predicted molar refractivity (Wildman–Crippen MR) is 119 cm³/mol. The molecule has 2 aliphatic heterocycles. The molecule has 3 N–H and O–H groups in total. The van der Waals surface area contributed by atoms with Crippen molar-refractivity contribution >= 4 is 29.6 Å². The fraction of sp³-hybridized carbons (Fsp3) is 0.240. The molecule has 4 amide bonds. The number of nitrogens with one attached hydrogen (secondary N) is 2. The maximum atomic E-state index is 12.7. The van der Waals surface area contributed by atoms with Crippen molar-refractivity contribution in [2.24, 2.45) is 0 Å². The van der Waals surface area contributed by atoms with Gasteiger partial charge in [-0.05, 0) is 48.2 Å². The van der Waals surface area contributed by atoms with Gasteiger partial charge in [0.25, 0.3) is 11.8 Å². The normalized spacial score (nSPS) is 16.9. The Balaban J connectivity index is 1.39. The molecule has 1 atom stereocenters. The number of carbonyl (C=O) groups excluding carboxylic acids is 4. The second-order valence-electron chi connectivity index (χ2n) is 8.16. The van der Waals surface area contributed by atoms with Gasteiger partial charge in [0.1, 0.15) is 6.04 Å². The molecular formula is C25H21N3O6. The maximum Gasteiger partial charge on any atom is 0.335 e. The summed E-state index contributed by atoms with van der Waals surface area (Å²) in [5.41, 5.74) is 3.15. The van der Waals surface area contributed by atoms with Crippen LogP contribution in [0.1, 0.15) is 55.8 Å². The number of carbonyl (C=O) groups is 5. The van der Waals surface area contributed by atoms with Crippen molar-refractivity contribution in [1.82, 2.24) is 15.5 Å². The fourth-order valence-corrected chi connectivity index (χ4v) is 4.02. The van der Waals surface area contributed by atoms with Crippen molar-refractivity contribution in [3.05, 3.63) is 69.8 Å². The van der Waals surface area contributed by atoms with E-state index in [1.54, 1.807) is 37.3 Å². The van der Waals surface area contributed by atoms with Crippen molar-refractivity contribution in [2.45, 2.75) is 38.9 Å². The number of nitrogens with zero attached hydrogens (tertiary/aromatic N) is 1. The van der Waals surface area contributed by atoms with E-state index in [9.17, 15) is 29.1 Å². The topological polar surface area (TPSA) is 133 Å². The van der Waals surface area contributed by atoms with Gasteiger partial charge >= 0.3 is 5.97 Å². The molecule has 0 bridgehead atoms. The Morgan fingerprint density at radius 2 is 1.97 bits per heavy atom. The van der Waals surface area contributed by atoms with Crippen LogP contribution in [0.15, 0.2) is 36.4 Å². The SMILES string of the molecule is Cc1ccc(C#CC(=O)NCc2ccc3c(c2)CN(C2CCC(=O)NC2=O)C3=O)cc1C(=O)O. The van der Waals surface area contributed by atoms with Gasteiger partial charge in [0.05, 0.1) is 5.56 Å². The van der Waals surface area contributed by atoms with Crippen LogP contribution in [-0.4, -0.2) is 45.6 Å². The fourth-order valence-electron chi connectivity index (χ4n) is 4.02. The molecule has 0 aliphatic carbocycles. The van der Waals surface area contributed by atoms with E-state index in [0.717, 1.165) is 11.1 Å². The minimum Gasteiger partial charge on any atom is -0.478 e. The highest BCUT2D eigenvalue weighted by molar-refractivity contribution is 6.05. The first kappa shape index (κ1) is 22.7. The van der Waals surface area contributed by atoms with Gasteiger partial charge in [-0.1, -0.05) is 24.1 Å². The highest BCUT2D eigenvalue weighted by atomic mass is 16.4. The third-order valence-electron chi connectivity index (χ3n) is 5.83. The van der Waals surface area contributed by atoms with Crippen LogP contribution in [-0.2, 0) is 27.5 Å². The van der Waals surface area contributed by atoms with Crippen LogP contribution >= 0.6 is 0 Å². The summed E-state index contributed by atoms with van der Waals surface area (Å²) in [4.78, 5) is 61.1. The lowest BCUT2D eigenvalue weighted by Crippen LogP contribution is -2.52. The zero-order valence-corrected chi connectivity index (χ0v) is 18.3. The van der Waals surface area contributed by atoms with Crippen LogP contribution in [0.5, 0.6) is 0 Å². The maximum absolute atomic E-state index is 12.7. The minimum absolute atomic E-state index is 0.131. The van der Waals surface area contributed by atoms with Gasteiger partial charge in [-0.15, -0.1) is 0 Å². The number of rotatable bonds is 4. The Kier molecular flexibility index (Phi) is 6.15. The summed E-state index contributed by atoms with van der Waals surface area (Å²) in [5.74, 6) is 2.46. The third-order valence-corrected chi connectivity index (χ3v) is 5.83. The Morgan fingerprint density at radius 1 is 1.18 bits per heavy atom. The van der Waals surface area contributed by atoms with Gasteiger partial charge in [0.15, 0.2) is 0 Å². The summed E-state index contributed by atoms with van der Waals surface area (Å²) >= 11 is 0. The number of carboxylic acid groups (broad SMARTS) is 1. The molecule has 0 radical (unpaired) electrons. The van der Waals surface area contributed by atoms with Crippen LogP contribution < -0.4 is 10.6 Å². The van der Waals surface area contributed by atoms with Crippen molar-refractivity contribution in [1.29, 1.82) is 0 Å². The first-order chi connectivity index (χ1) is 16.2. The Bertz CT molecular complexity index is 1300. The highest BCUT2D eigenvalue weighted by Gasteiger charge is 2.39. The van der Waals surface area contributed by atoms with Crippen molar-refractivity contribution in [3.63, 3.8) is 0 Å². The van der Waals surface area contributed by atoms with Crippen LogP contribution in [0.2, 0.25) is 0 Å². The standard InChI is InChI=1S/C25H21N3O6/c1-14-2-3-15(11-19(14)25(33)34)5-8-21(29)26-12-16-4-6-18-17(10-16)13-28(24(18)32)20-7-9-22(30)27-23(20)31/h2-4,6,10-11,20H,7,9,12-13H2,1H3,(H,26,29)(H,33,34)(H,27,30,31). The zero-order chi connectivity index (χ0) is 24.4. The molecule has 2 aromatic rings. The van der Waals surface area contributed by atoms with Crippen LogP contribution in [0.3, 0.4) is 0 Å². The average Bonchev–Trinajstić information content (AvgIpc) is 3.12. The molecule has 1 saturated heterocycles. The number of imide groups is 1. The third kappa shape index (κ3) is 4.66. The Morgan fingerprint density at radius 3 is 2.71 bits per heavy atom. The predicted octanol–water partition coefficient (Wildman–Crippen LogP) is 1.12. The first-order valence-electron chi connectivity index (χ1n) is 10.6. The van der Waals surface area contributed by atoms with Crippen molar-refractivity contribution in [3.8, 4) is 11.8 Å². The molecule has 0 aromatic heterocycles. The number of hydrogen-bond acceptors (Lipinski definition) is 5. The van der Waals surface area contributed by atoms with E-state index in [0.29, 0.717) is 23.1 Å². The molecule has 1 unspecified atom stereocenters. The lowest BCUT2D eigenvalue weighted by Gasteiger charge is -2.29. The summed E-state index contributed by atoms with van der Waals surface area (Å²) < 4.78 is 0. The molecule has 34 heavy (non-hydrogen) atoms. The number of aryl methyl sites for hydroxylation is 1. The number of amides is 4. The molecule has 172 valence electrons. The number of aromatic carboxylic acids is 1. The van der Waals surface area contributed by atoms with E-state index >= 15 is 0 Å². The second kappa shape index (κ2) is 9.19. The molecule has 9 heteroatoms. The summed E-state index contributed by atoms with van der Waals surface area (Å²) in [7, 11) is 0. The summed E-state index contributed by atoms with van der Waals surface area (Å²) in [6.07, 6.45) is 0.482. The van der Waals surface area contributed by atoms with E-state index in [1.807, 2.05) is 0 Å². The zero-order valence-electron chi connectivity index (χ0n) is 18.3. The Labute approximate surface area is 195 Å². The van der Waals surface area contributed by atoms with Crippen molar-refractivity contribution < 1.29 is 29.1 Å². The van der Waals surface area contributed by atoms with Crippen LogP contribution in [0, 0.1) is 18.8 Å². The van der Waals surface area contributed by atoms with E-state index in [-0.39, 0.29) is 36.9 Å². The van der Waals surface area contributed by atoms with Gasteiger partial charge in [0.2, 0.25) is 11.8 Å². The number of carboxylic acids is 1. The van der Waals surface area contributed by atoms with Crippen LogP contribution in [0.25, 0.3) is 0 Å². The number of fused-ring (bicyclic) bond motifs is 1. The first-order valence-corrected chi connectivity index (χ1v) is 10.6. The summed E-state index contributed by atoms with van der Waals surface area (Å²) in [5, 5.41) is 14.1. The van der Waals surface area contributed by atoms with Crippen molar-refractivity contribution in [2.75, 3.05) is 0 Å². The average molecular weight is 459 g/mol. The molecule has 2 aliphatic rings. The summed E-state index contributed by atoms with van der Waals surface area (Å²) in [6, 6.07) is 9.20. The van der Waals surface area contributed by atoms with E-state index in [1.165, 1.54) is 11.0 Å². The Hall–Kier alpha value is -4.45. The minimum atomic E-state index is -1.06. The molecule has 0 spiro atoms. The van der Waals surface area contributed by atoms with E-state index in [4.69, 9.17) is 0 Å². The van der Waals surface area contributed by atoms with Gasteiger partial charge < -0.3 is 15.3 Å². The smallest absolute Gasteiger partial charge is 0.335 e. The molecule has 2 heterocycles. The molecule has 9 nitrogen and oxygen atoms in total. The lowest BCUT2D eigenvalue weighted by molar-refractivity contribution is -0.137. The number of benzene rings is 2. The highest BCUT2D eigenvalue weighted by Crippen LogP contribution is 2.28. The number of piperidine rings is 1. The van der Waals surface area contributed by atoms with Gasteiger partial charge in [-0.25, -0.2) is 4.79 Å². The second-order valence-corrected chi connectivity index (χ2v) is 8.16. The molecule has 0 saturated carbocycles. The molecule has 1 fully saturated rings. The van der Waals surface area contributed by atoms with Gasteiger partial charge in [-0.2, -0.15) is 0 Å². The van der Waals surface area contributed by atoms with E-state index in [2.05, 4.69) is 22.5 Å². The van der Waals surface area contributed by atoms with Gasteiger partial charge in [0, 0.05) is 36.6 Å². The molecule has 2 aromatic carbocycles. The van der Waals surface area contributed by atoms with Crippen LogP contribution in [0.4, 0.5) is 0 Å². The molecule has 4 rings (SSSR count).